The monoisotopic (exact) mass is 314 g/mol. The number of methoxy groups -OCH3 is 2. The van der Waals surface area contributed by atoms with Crippen molar-refractivity contribution < 1.29 is 19.1 Å². The minimum absolute atomic E-state index is 0.358. The fourth-order valence-electron chi connectivity index (χ4n) is 1.69. The minimum Gasteiger partial charge on any atom is -0.468 e. The zero-order valence-corrected chi connectivity index (χ0v) is 12.3. The maximum atomic E-state index is 11.8. The van der Waals surface area contributed by atoms with E-state index in [1.165, 1.54) is 14.2 Å². The number of halogens is 1. The van der Waals surface area contributed by atoms with Gasteiger partial charge in [-0.3, -0.25) is 4.79 Å². The standard InChI is InChI=1S/C13H15BrO4/c1-13(2,12(16)18-4)10-7-8(14)5-6-9(10)11(15)17-3/h5-7H,1-4H3. The van der Waals surface area contributed by atoms with E-state index in [0.29, 0.717) is 11.1 Å². The van der Waals surface area contributed by atoms with E-state index in [1.807, 2.05) is 0 Å². The third-order valence-electron chi connectivity index (χ3n) is 2.76. The van der Waals surface area contributed by atoms with Crippen LogP contribution in [0.3, 0.4) is 0 Å². The number of rotatable bonds is 3. The van der Waals surface area contributed by atoms with E-state index in [4.69, 9.17) is 9.47 Å². The number of ether oxygens (including phenoxy) is 2. The summed E-state index contributed by atoms with van der Waals surface area (Å²) in [6.45, 7) is 3.40. The first-order chi connectivity index (χ1) is 8.34. The summed E-state index contributed by atoms with van der Waals surface area (Å²) in [7, 11) is 2.62. The molecule has 18 heavy (non-hydrogen) atoms. The lowest BCUT2D eigenvalue weighted by Gasteiger charge is -2.24. The highest BCUT2D eigenvalue weighted by atomic mass is 79.9. The van der Waals surface area contributed by atoms with Crippen molar-refractivity contribution in [3.8, 4) is 0 Å². The molecule has 98 valence electrons. The average Bonchev–Trinajstić information content (AvgIpc) is 2.36. The molecule has 0 heterocycles. The molecule has 0 radical (unpaired) electrons. The summed E-state index contributed by atoms with van der Waals surface area (Å²) in [6, 6.07) is 5.07. The molecule has 0 unspecified atom stereocenters. The topological polar surface area (TPSA) is 52.6 Å². The van der Waals surface area contributed by atoms with E-state index in [2.05, 4.69) is 15.9 Å². The molecule has 0 fully saturated rings. The number of carbonyl (C=O) groups is 2. The summed E-state index contributed by atoms with van der Waals surface area (Å²) in [5, 5.41) is 0. The SMILES string of the molecule is COC(=O)c1ccc(Br)cc1C(C)(C)C(=O)OC. The molecule has 5 heteroatoms. The largest absolute Gasteiger partial charge is 0.468 e. The second-order valence-electron chi connectivity index (χ2n) is 4.30. The van der Waals surface area contributed by atoms with Crippen LogP contribution < -0.4 is 0 Å². The van der Waals surface area contributed by atoms with Gasteiger partial charge < -0.3 is 9.47 Å². The molecule has 1 aromatic carbocycles. The third-order valence-corrected chi connectivity index (χ3v) is 3.25. The Kier molecular flexibility index (Phi) is 4.51. The Bertz CT molecular complexity index is 480. The molecule has 0 saturated heterocycles. The molecule has 0 bridgehead atoms. The van der Waals surface area contributed by atoms with Gasteiger partial charge in [0.2, 0.25) is 0 Å². The van der Waals surface area contributed by atoms with Crippen molar-refractivity contribution in [3.63, 3.8) is 0 Å². The molecule has 0 spiro atoms. The van der Waals surface area contributed by atoms with Gasteiger partial charge in [-0.1, -0.05) is 15.9 Å². The molecule has 0 N–H and O–H groups in total. The lowest BCUT2D eigenvalue weighted by molar-refractivity contribution is -0.146. The zero-order chi connectivity index (χ0) is 13.9. The first-order valence-corrected chi connectivity index (χ1v) is 6.10. The number of hydrogen-bond donors (Lipinski definition) is 0. The van der Waals surface area contributed by atoms with Crippen LogP contribution in [0.15, 0.2) is 22.7 Å². The normalized spacial score (nSPS) is 10.9. The Morgan fingerprint density at radius 3 is 2.28 bits per heavy atom. The predicted molar refractivity (Wildman–Crippen MR) is 70.5 cm³/mol. The van der Waals surface area contributed by atoms with Crippen LogP contribution in [0.2, 0.25) is 0 Å². The fraction of sp³-hybridized carbons (Fsp3) is 0.385. The molecular weight excluding hydrogens is 300 g/mol. The first kappa shape index (κ1) is 14.7. The molecule has 0 aliphatic heterocycles. The summed E-state index contributed by atoms with van der Waals surface area (Å²) in [6.07, 6.45) is 0. The Hall–Kier alpha value is -1.36. The Labute approximate surface area is 114 Å². The summed E-state index contributed by atoms with van der Waals surface area (Å²) in [5.41, 5.74) is -0.00567. The Balaban J connectivity index is 3.42. The van der Waals surface area contributed by atoms with Gasteiger partial charge in [0, 0.05) is 4.47 Å². The number of esters is 2. The van der Waals surface area contributed by atoms with Crippen LogP contribution in [0.25, 0.3) is 0 Å². The Morgan fingerprint density at radius 1 is 1.17 bits per heavy atom. The molecule has 0 aliphatic carbocycles. The fourth-order valence-corrected chi connectivity index (χ4v) is 2.05. The van der Waals surface area contributed by atoms with E-state index in [1.54, 1.807) is 32.0 Å². The van der Waals surface area contributed by atoms with Crippen LogP contribution in [0.1, 0.15) is 29.8 Å². The highest BCUT2D eigenvalue weighted by Crippen LogP contribution is 2.30. The zero-order valence-electron chi connectivity index (χ0n) is 10.7. The van der Waals surface area contributed by atoms with Crippen LogP contribution in [0.4, 0.5) is 0 Å². The van der Waals surface area contributed by atoms with Crippen molar-refractivity contribution in [2.75, 3.05) is 14.2 Å². The third kappa shape index (κ3) is 2.72. The number of carbonyl (C=O) groups excluding carboxylic acids is 2. The predicted octanol–water partition coefficient (Wildman–Crippen LogP) is 2.69. The summed E-state index contributed by atoms with van der Waals surface area (Å²) in [5.74, 6) is -0.889. The van der Waals surface area contributed by atoms with Gasteiger partial charge in [0.15, 0.2) is 0 Å². The van der Waals surface area contributed by atoms with Crippen LogP contribution in [0, 0.1) is 0 Å². The van der Waals surface area contributed by atoms with Gasteiger partial charge >= 0.3 is 11.9 Å². The van der Waals surface area contributed by atoms with Crippen molar-refractivity contribution in [3.05, 3.63) is 33.8 Å². The van der Waals surface area contributed by atoms with E-state index in [9.17, 15) is 9.59 Å². The first-order valence-electron chi connectivity index (χ1n) is 5.31. The molecule has 0 atom stereocenters. The highest BCUT2D eigenvalue weighted by Gasteiger charge is 2.34. The van der Waals surface area contributed by atoms with E-state index in [-0.39, 0.29) is 0 Å². The average molecular weight is 315 g/mol. The second kappa shape index (κ2) is 5.52. The molecule has 0 amide bonds. The second-order valence-corrected chi connectivity index (χ2v) is 5.21. The molecule has 4 nitrogen and oxygen atoms in total. The lowest BCUT2D eigenvalue weighted by Crippen LogP contribution is -2.32. The van der Waals surface area contributed by atoms with Crippen molar-refractivity contribution in [1.82, 2.24) is 0 Å². The molecule has 1 aromatic rings. The minimum atomic E-state index is -0.929. The molecule has 0 saturated carbocycles. The summed E-state index contributed by atoms with van der Waals surface area (Å²) < 4.78 is 10.3. The van der Waals surface area contributed by atoms with E-state index < -0.39 is 17.4 Å². The molecule has 0 aliphatic rings. The quantitative estimate of drug-likeness (QED) is 0.805. The van der Waals surface area contributed by atoms with Gasteiger partial charge in [0.25, 0.3) is 0 Å². The van der Waals surface area contributed by atoms with Gasteiger partial charge in [-0.15, -0.1) is 0 Å². The van der Waals surface area contributed by atoms with E-state index >= 15 is 0 Å². The van der Waals surface area contributed by atoms with Gasteiger partial charge in [-0.05, 0) is 37.6 Å². The summed E-state index contributed by atoms with van der Waals surface area (Å²) in [4.78, 5) is 23.5. The maximum Gasteiger partial charge on any atom is 0.338 e. The van der Waals surface area contributed by atoms with Gasteiger partial charge in [0.05, 0.1) is 25.2 Å². The van der Waals surface area contributed by atoms with Gasteiger partial charge in [-0.25, -0.2) is 4.79 Å². The Morgan fingerprint density at radius 2 is 1.78 bits per heavy atom. The van der Waals surface area contributed by atoms with E-state index in [0.717, 1.165) is 4.47 Å². The van der Waals surface area contributed by atoms with Gasteiger partial charge in [-0.2, -0.15) is 0 Å². The number of hydrogen-bond acceptors (Lipinski definition) is 4. The summed E-state index contributed by atoms with van der Waals surface area (Å²) >= 11 is 3.33. The van der Waals surface area contributed by atoms with Crippen molar-refractivity contribution in [2.24, 2.45) is 0 Å². The van der Waals surface area contributed by atoms with Crippen LogP contribution in [-0.4, -0.2) is 26.2 Å². The van der Waals surface area contributed by atoms with Crippen LogP contribution in [-0.2, 0) is 19.7 Å². The van der Waals surface area contributed by atoms with Crippen molar-refractivity contribution in [2.45, 2.75) is 19.3 Å². The molecular formula is C13H15BrO4. The van der Waals surface area contributed by atoms with Crippen LogP contribution in [0.5, 0.6) is 0 Å². The lowest BCUT2D eigenvalue weighted by atomic mass is 9.82. The molecule has 0 aromatic heterocycles. The van der Waals surface area contributed by atoms with Crippen molar-refractivity contribution >= 4 is 27.9 Å². The van der Waals surface area contributed by atoms with Gasteiger partial charge in [0.1, 0.15) is 0 Å². The number of benzene rings is 1. The van der Waals surface area contributed by atoms with Crippen molar-refractivity contribution in [1.29, 1.82) is 0 Å². The molecule has 1 rings (SSSR count). The van der Waals surface area contributed by atoms with Crippen LogP contribution >= 0.6 is 15.9 Å². The smallest absolute Gasteiger partial charge is 0.338 e. The highest BCUT2D eigenvalue weighted by molar-refractivity contribution is 9.10. The maximum absolute atomic E-state index is 11.8.